The summed E-state index contributed by atoms with van der Waals surface area (Å²) in [6.45, 7) is 4.54. The molecule has 0 saturated heterocycles. The number of fused-ring (bicyclic) bond motifs is 1. The molecular formula is C41H46FN7O2. The zero-order valence-corrected chi connectivity index (χ0v) is 29.0. The van der Waals surface area contributed by atoms with Gasteiger partial charge in [-0.3, -0.25) is 24.5 Å². The van der Waals surface area contributed by atoms with E-state index < -0.39 is 6.04 Å². The molecule has 9 nitrogen and oxygen atoms in total. The number of carbonyl (C=O) groups excluding carboxylic acids is 2. The van der Waals surface area contributed by atoms with Crippen LogP contribution < -0.4 is 22.1 Å². The van der Waals surface area contributed by atoms with Gasteiger partial charge < -0.3 is 22.1 Å². The van der Waals surface area contributed by atoms with Gasteiger partial charge in [0.2, 0.25) is 5.91 Å². The molecule has 0 spiro atoms. The minimum atomic E-state index is -0.793. The molecular weight excluding hydrogens is 641 g/mol. The maximum atomic E-state index is 13.6. The third-order valence-electron chi connectivity index (χ3n) is 8.91. The molecule has 5 aromatic rings. The van der Waals surface area contributed by atoms with E-state index in [0.717, 1.165) is 59.0 Å². The summed E-state index contributed by atoms with van der Waals surface area (Å²) in [7, 11) is 0. The summed E-state index contributed by atoms with van der Waals surface area (Å²) < 4.78 is 13.5. The molecule has 51 heavy (non-hydrogen) atoms. The predicted octanol–water partition coefficient (Wildman–Crippen LogP) is 5.69. The lowest BCUT2D eigenvalue weighted by atomic mass is 9.99. The molecule has 2 amide bonds. The Labute approximate surface area is 299 Å². The number of halogens is 1. The van der Waals surface area contributed by atoms with Crippen molar-refractivity contribution in [3.05, 3.63) is 149 Å². The van der Waals surface area contributed by atoms with Crippen molar-refractivity contribution in [2.75, 3.05) is 19.6 Å². The highest BCUT2D eigenvalue weighted by Gasteiger charge is 2.23. The van der Waals surface area contributed by atoms with Gasteiger partial charge in [-0.25, -0.2) is 4.39 Å². The Kier molecular flexibility index (Phi) is 13.2. The molecule has 6 N–H and O–H groups in total. The van der Waals surface area contributed by atoms with Crippen molar-refractivity contribution in [3.8, 4) is 0 Å². The second-order valence-electron chi connectivity index (χ2n) is 12.7. The Balaban J connectivity index is 1.24. The van der Waals surface area contributed by atoms with Crippen molar-refractivity contribution in [1.29, 1.82) is 0 Å². The van der Waals surface area contributed by atoms with Gasteiger partial charge in [-0.1, -0.05) is 72.8 Å². The minimum absolute atomic E-state index is 0.0178. The van der Waals surface area contributed by atoms with Gasteiger partial charge in [0.1, 0.15) is 11.9 Å². The van der Waals surface area contributed by atoms with Crippen LogP contribution in [0.25, 0.3) is 10.8 Å². The van der Waals surface area contributed by atoms with E-state index in [1.807, 2.05) is 85.9 Å². The van der Waals surface area contributed by atoms with Crippen LogP contribution in [0.2, 0.25) is 0 Å². The van der Waals surface area contributed by atoms with E-state index in [0.29, 0.717) is 31.5 Å². The molecule has 0 aliphatic heterocycles. The van der Waals surface area contributed by atoms with E-state index in [1.165, 1.54) is 12.1 Å². The Morgan fingerprint density at radius 2 is 1.53 bits per heavy atom. The fourth-order valence-corrected chi connectivity index (χ4v) is 6.09. The van der Waals surface area contributed by atoms with Crippen molar-refractivity contribution >= 4 is 28.5 Å². The van der Waals surface area contributed by atoms with E-state index in [2.05, 4.69) is 31.6 Å². The lowest BCUT2D eigenvalue weighted by molar-refractivity contribution is -0.123. The lowest BCUT2D eigenvalue weighted by Crippen LogP contribution is -2.47. The van der Waals surface area contributed by atoms with Gasteiger partial charge in [0.25, 0.3) is 5.91 Å². The van der Waals surface area contributed by atoms with Crippen LogP contribution in [0.15, 0.2) is 121 Å². The van der Waals surface area contributed by atoms with Gasteiger partial charge >= 0.3 is 0 Å². The van der Waals surface area contributed by atoms with Gasteiger partial charge in [-0.2, -0.15) is 0 Å². The van der Waals surface area contributed by atoms with Crippen LogP contribution in [0.1, 0.15) is 58.4 Å². The maximum Gasteiger partial charge on any atom is 0.251 e. The van der Waals surface area contributed by atoms with Crippen LogP contribution in [-0.2, 0) is 24.2 Å². The summed E-state index contributed by atoms with van der Waals surface area (Å²) in [4.78, 5) is 37.8. The summed E-state index contributed by atoms with van der Waals surface area (Å²) in [5, 5.41) is 8.21. The first-order valence-electron chi connectivity index (χ1n) is 17.3. The molecule has 10 heteroatoms. The lowest BCUT2D eigenvalue weighted by Gasteiger charge is -2.23. The van der Waals surface area contributed by atoms with Crippen molar-refractivity contribution in [2.24, 2.45) is 16.5 Å². The number of rotatable bonds is 17. The van der Waals surface area contributed by atoms with Crippen LogP contribution >= 0.6 is 0 Å². The summed E-state index contributed by atoms with van der Waals surface area (Å²) in [5.41, 5.74) is 15.7. The van der Waals surface area contributed by atoms with Gasteiger partial charge in [0.05, 0.1) is 6.04 Å². The molecule has 5 rings (SSSR count). The smallest absolute Gasteiger partial charge is 0.251 e. The highest BCUT2D eigenvalue weighted by molar-refractivity contribution is 5.97. The molecule has 0 aliphatic carbocycles. The average Bonchev–Trinajstić information content (AvgIpc) is 3.14. The number of amides is 2. The Morgan fingerprint density at radius 3 is 2.25 bits per heavy atom. The highest BCUT2D eigenvalue weighted by atomic mass is 19.1. The zero-order valence-electron chi connectivity index (χ0n) is 29.0. The van der Waals surface area contributed by atoms with Crippen LogP contribution in [0, 0.1) is 5.82 Å². The number of carbonyl (C=O) groups is 2. The van der Waals surface area contributed by atoms with E-state index >= 15 is 0 Å². The van der Waals surface area contributed by atoms with Gasteiger partial charge in [0, 0.05) is 44.1 Å². The number of hydrogen-bond acceptors (Lipinski definition) is 5. The molecule has 0 bridgehead atoms. The second kappa shape index (κ2) is 18.4. The van der Waals surface area contributed by atoms with Crippen molar-refractivity contribution in [3.63, 3.8) is 0 Å². The molecule has 2 atom stereocenters. The van der Waals surface area contributed by atoms with Crippen molar-refractivity contribution in [1.82, 2.24) is 20.5 Å². The van der Waals surface area contributed by atoms with E-state index in [4.69, 9.17) is 11.5 Å². The molecule has 0 fully saturated rings. The van der Waals surface area contributed by atoms with Gasteiger partial charge in [-0.15, -0.1) is 0 Å². The first kappa shape index (κ1) is 36.7. The molecule has 0 saturated carbocycles. The number of nitrogens with one attached hydrogen (secondary N) is 2. The van der Waals surface area contributed by atoms with Crippen molar-refractivity contribution < 1.29 is 14.0 Å². The largest absolute Gasteiger partial charge is 0.370 e. The quantitative estimate of drug-likeness (QED) is 0.0563. The van der Waals surface area contributed by atoms with Gasteiger partial charge in [0.15, 0.2) is 5.96 Å². The summed E-state index contributed by atoms with van der Waals surface area (Å²) in [6, 6.07) is 31.1. The normalized spacial score (nSPS) is 12.3. The Hall–Kier alpha value is -5.61. The number of benzene rings is 4. The average molecular weight is 688 g/mol. The topological polar surface area (TPSA) is 139 Å². The molecule has 0 unspecified atom stereocenters. The molecule has 1 heterocycles. The molecule has 0 aliphatic rings. The standard InChI is InChI=1S/C41H46FN7O2/c1-29(36-11-4-9-33-8-2-3-10-37(33)36)47-40(51)38(12-6-24-46-41(43)44)48-39(50)34-17-13-32(14-18-34)28-49(26-22-31-7-5-23-45-27-31)25-21-30-15-19-35(42)20-16-30/h2-5,7-11,13-20,23,27,29,38H,6,12,21-22,24-26,28H2,1H3,(H,47,51)(H,48,50)(H4,43,44,46)/t29-,38-/m0/s1. The number of pyridine rings is 1. The monoisotopic (exact) mass is 687 g/mol. The summed E-state index contributed by atoms with van der Waals surface area (Å²) in [6.07, 6.45) is 6.12. The second-order valence-corrected chi connectivity index (χ2v) is 12.7. The molecule has 1 aromatic heterocycles. The number of nitrogens with zero attached hydrogens (tertiary/aromatic N) is 3. The summed E-state index contributed by atoms with van der Waals surface area (Å²) in [5.74, 6) is -0.887. The third-order valence-corrected chi connectivity index (χ3v) is 8.91. The van der Waals surface area contributed by atoms with E-state index in [9.17, 15) is 14.0 Å². The fourth-order valence-electron chi connectivity index (χ4n) is 6.09. The van der Waals surface area contributed by atoms with Crippen LogP contribution in [0.4, 0.5) is 4.39 Å². The van der Waals surface area contributed by atoms with Gasteiger partial charge in [-0.05, 0) is 96.0 Å². The maximum absolute atomic E-state index is 13.6. The number of guanidine groups is 1. The van der Waals surface area contributed by atoms with Crippen LogP contribution in [-0.4, -0.2) is 53.3 Å². The number of nitrogens with two attached hydrogens (primary N) is 2. The summed E-state index contributed by atoms with van der Waals surface area (Å²) >= 11 is 0. The number of hydrogen-bond donors (Lipinski definition) is 4. The Bertz CT molecular complexity index is 1890. The SMILES string of the molecule is C[C@H](NC(=O)[C@H](CCCN=C(N)N)NC(=O)c1ccc(CN(CCc2ccc(F)cc2)CCc2cccnc2)cc1)c1cccc2ccccc12. The first-order chi connectivity index (χ1) is 24.7. The molecule has 4 aromatic carbocycles. The van der Waals surface area contributed by atoms with Crippen LogP contribution in [0.5, 0.6) is 0 Å². The molecule has 0 radical (unpaired) electrons. The highest BCUT2D eigenvalue weighted by Crippen LogP contribution is 2.24. The number of aliphatic imine (C=N–C) groups is 1. The predicted molar refractivity (Wildman–Crippen MR) is 201 cm³/mol. The number of aromatic nitrogens is 1. The van der Waals surface area contributed by atoms with E-state index in [1.54, 1.807) is 18.3 Å². The van der Waals surface area contributed by atoms with Crippen LogP contribution in [0.3, 0.4) is 0 Å². The minimum Gasteiger partial charge on any atom is -0.370 e. The van der Waals surface area contributed by atoms with Crippen molar-refractivity contribution in [2.45, 2.75) is 51.2 Å². The first-order valence-corrected chi connectivity index (χ1v) is 17.3. The third kappa shape index (κ3) is 11.2. The fraction of sp³-hybridized carbons (Fsp3) is 0.268. The van der Waals surface area contributed by atoms with E-state index in [-0.39, 0.29) is 29.6 Å². The zero-order chi connectivity index (χ0) is 36.0. The molecule has 264 valence electrons. The Morgan fingerprint density at radius 1 is 0.824 bits per heavy atom.